The lowest BCUT2D eigenvalue weighted by molar-refractivity contribution is 0.000954. The van der Waals surface area contributed by atoms with E-state index in [2.05, 4.69) is 5.10 Å². The van der Waals surface area contributed by atoms with Crippen LogP contribution < -0.4 is 9.64 Å². The molecule has 1 N–H and O–H groups in total. The third-order valence-electron chi connectivity index (χ3n) is 7.78. The smallest absolute Gasteiger partial charge is 0.410 e. The van der Waals surface area contributed by atoms with Crippen molar-refractivity contribution >= 4 is 29.4 Å². The molecule has 3 aliphatic rings. The van der Waals surface area contributed by atoms with E-state index in [-0.39, 0.29) is 77.4 Å². The number of carbonyl (C=O) groups is 2. The number of aromatic hydroxyl groups is 1. The van der Waals surface area contributed by atoms with Gasteiger partial charge in [-0.15, -0.1) is 0 Å². The predicted octanol–water partition coefficient (Wildman–Crippen LogP) is 4.52. The lowest BCUT2D eigenvalue weighted by atomic mass is 10.0. The first kappa shape index (κ1) is 28.1. The van der Waals surface area contributed by atoms with Gasteiger partial charge in [-0.1, -0.05) is 17.7 Å². The SMILES string of the molecule is CC1c2cn(C)nc2CN1c1nc(-c2c(O)cccc2F)c(Cl)c2c1C(=O)N1CCN(C(=O)OC(C)(C)C)C[C@@H]1CO2. The van der Waals surface area contributed by atoms with Crippen molar-refractivity contribution in [1.82, 2.24) is 24.6 Å². The number of anilines is 1. The summed E-state index contributed by atoms with van der Waals surface area (Å²) >= 11 is 6.84. The molecule has 222 valence electrons. The number of amides is 2. The van der Waals surface area contributed by atoms with Crippen molar-refractivity contribution in [3.8, 4) is 22.8 Å². The first-order chi connectivity index (χ1) is 19.8. The summed E-state index contributed by atoms with van der Waals surface area (Å²) in [6, 6.07) is 3.22. The van der Waals surface area contributed by atoms with Gasteiger partial charge >= 0.3 is 6.09 Å². The third-order valence-corrected chi connectivity index (χ3v) is 8.13. The van der Waals surface area contributed by atoms with Crippen molar-refractivity contribution < 1.29 is 28.6 Å². The zero-order valence-corrected chi connectivity index (χ0v) is 24.8. The molecule has 0 aliphatic carbocycles. The van der Waals surface area contributed by atoms with E-state index < -0.39 is 23.6 Å². The van der Waals surface area contributed by atoms with Gasteiger partial charge in [0.05, 0.1) is 29.9 Å². The minimum Gasteiger partial charge on any atom is -0.507 e. The lowest BCUT2D eigenvalue weighted by Crippen LogP contribution is -2.58. The number of pyridine rings is 1. The highest BCUT2D eigenvalue weighted by Crippen LogP contribution is 2.48. The second kappa shape index (κ2) is 10.0. The Bertz CT molecular complexity index is 1580. The predicted molar refractivity (Wildman–Crippen MR) is 152 cm³/mol. The zero-order valence-electron chi connectivity index (χ0n) is 24.0. The van der Waals surface area contributed by atoms with E-state index in [0.717, 1.165) is 11.3 Å². The van der Waals surface area contributed by atoms with Gasteiger partial charge in [0.15, 0.2) is 5.75 Å². The van der Waals surface area contributed by atoms with Crippen molar-refractivity contribution in [2.75, 3.05) is 31.1 Å². The van der Waals surface area contributed by atoms with Crippen LogP contribution in [0.4, 0.5) is 15.0 Å². The van der Waals surface area contributed by atoms with Crippen molar-refractivity contribution in [3.63, 3.8) is 0 Å². The summed E-state index contributed by atoms with van der Waals surface area (Å²) in [5.74, 6) is -1.12. The van der Waals surface area contributed by atoms with Gasteiger partial charge in [0.1, 0.15) is 45.9 Å². The van der Waals surface area contributed by atoms with E-state index in [4.69, 9.17) is 26.1 Å². The third kappa shape index (κ3) is 4.67. The number of hydrogen-bond donors (Lipinski definition) is 1. The van der Waals surface area contributed by atoms with Crippen LogP contribution in [0.3, 0.4) is 0 Å². The van der Waals surface area contributed by atoms with Crippen LogP contribution in [-0.2, 0) is 18.3 Å². The molecule has 2 atom stereocenters. The van der Waals surface area contributed by atoms with Crippen molar-refractivity contribution in [1.29, 1.82) is 0 Å². The highest BCUT2D eigenvalue weighted by molar-refractivity contribution is 6.35. The minimum absolute atomic E-state index is 0.0299. The Morgan fingerprint density at radius 3 is 2.67 bits per heavy atom. The molecule has 13 heteroatoms. The van der Waals surface area contributed by atoms with Crippen LogP contribution in [0.5, 0.6) is 11.5 Å². The zero-order chi connectivity index (χ0) is 30.1. The standard InChI is InChI=1S/C29H32ClFN6O5/c1-15-17-12-34(5)33-19(17)13-37(15)26-22-25(23(30)24(32-26)21-18(31)7-6-8-20(21)38)41-14-16-11-35(9-10-36(16)27(22)39)28(40)42-29(2,3)4/h6-8,12,15-16,38H,9-11,13-14H2,1-5H3/t15?,16-/m1/s1. The highest BCUT2D eigenvalue weighted by Gasteiger charge is 2.43. The van der Waals surface area contributed by atoms with Crippen LogP contribution in [0.2, 0.25) is 5.02 Å². The van der Waals surface area contributed by atoms with E-state index in [1.165, 1.54) is 18.2 Å². The Labute approximate surface area is 247 Å². The Kier molecular flexibility index (Phi) is 6.71. The molecular weight excluding hydrogens is 567 g/mol. The van der Waals surface area contributed by atoms with Crippen molar-refractivity contribution in [3.05, 3.63) is 52.1 Å². The van der Waals surface area contributed by atoms with Crippen LogP contribution in [-0.4, -0.2) is 79.6 Å². The van der Waals surface area contributed by atoms with E-state index >= 15 is 4.39 Å². The van der Waals surface area contributed by atoms with Gasteiger partial charge in [-0.3, -0.25) is 9.48 Å². The second-order valence-corrected chi connectivity index (χ2v) is 12.2. The molecule has 3 aromatic rings. The van der Waals surface area contributed by atoms with Crippen LogP contribution in [0, 0.1) is 5.82 Å². The van der Waals surface area contributed by atoms with Gasteiger partial charge in [0, 0.05) is 38.4 Å². The number of rotatable bonds is 2. The first-order valence-corrected chi connectivity index (χ1v) is 14.1. The maximum absolute atomic E-state index is 15.1. The Balaban J connectivity index is 1.45. The van der Waals surface area contributed by atoms with Gasteiger partial charge in [-0.25, -0.2) is 14.2 Å². The fourth-order valence-electron chi connectivity index (χ4n) is 5.81. The summed E-state index contributed by atoms with van der Waals surface area (Å²) in [6.07, 6.45) is 1.45. The molecule has 1 unspecified atom stereocenters. The molecule has 2 aromatic heterocycles. The number of piperazine rings is 1. The number of carbonyl (C=O) groups excluding carboxylic acids is 2. The molecule has 1 saturated heterocycles. The van der Waals surface area contributed by atoms with Crippen LogP contribution >= 0.6 is 11.6 Å². The molecule has 0 radical (unpaired) electrons. The number of nitrogens with zero attached hydrogens (tertiary/aromatic N) is 6. The average molecular weight is 599 g/mol. The van der Waals surface area contributed by atoms with E-state index in [0.29, 0.717) is 6.54 Å². The maximum atomic E-state index is 15.1. The first-order valence-electron chi connectivity index (χ1n) is 13.8. The quantitative estimate of drug-likeness (QED) is 0.458. The second-order valence-electron chi connectivity index (χ2n) is 11.8. The Hall–Kier alpha value is -4.06. The average Bonchev–Trinajstić information content (AvgIpc) is 3.37. The van der Waals surface area contributed by atoms with E-state index in [1.54, 1.807) is 35.3 Å². The van der Waals surface area contributed by atoms with E-state index in [9.17, 15) is 14.7 Å². The van der Waals surface area contributed by atoms with Gasteiger partial charge in [-0.05, 0) is 39.8 Å². The fraction of sp³-hybridized carbons (Fsp3) is 0.448. The fourth-order valence-corrected chi connectivity index (χ4v) is 6.09. The molecule has 0 bridgehead atoms. The Morgan fingerprint density at radius 1 is 1.21 bits per heavy atom. The number of phenolic OH excluding ortho intramolecular Hbond substituents is 1. The normalized spacial score (nSPS) is 20.1. The number of halogens is 2. The molecule has 2 amide bonds. The van der Waals surface area contributed by atoms with Gasteiger partial charge in [0.2, 0.25) is 0 Å². The molecule has 0 saturated carbocycles. The Morgan fingerprint density at radius 2 is 1.98 bits per heavy atom. The molecular formula is C29H32ClFN6O5. The summed E-state index contributed by atoms with van der Waals surface area (Å²) in [5.41, 5.74) is 1.06. The number of aryl methyl sites for hydroxylation is 1. The van der Waals surface area contributed by atoms with Crippen LogP contribution in [0.15, 0.2) is 24.4 Å². The van der Waals surface area contributed by atoms with Crippen molar-refractivity contribution in [2.45, 2.75) is 51.9 Å². The molecule has 42 heavy (non-hydrogen) atoms. The summed E-state index contributed by atoms with van der Waals surface area (Å²) in [7, 11) is 1.84. The number of benzene rings is 1. The number of hydrogen-bond acceptors (Lipinski definition) is 8. The summed E-state index contributed by atoms with van der Waals surface area (Å²) in [5, 5.41) is 15.1. The van der Waals surface area contributed by atoms with E-state index in [1.807, 2.05) is 25.1 Å². The topological polar surface area (TPSA) is 113 Å². The summed E-state index contributed by atoms with van der Waals surface area (Å²) in [4.78, 5) is 37.0. The van der Waals surface area contributed by atoms with Gasteiger partial charge in [0.25, 0.3) is 5.91 Å². The summed E-state index contributed by atoms with van der Waals surface area (Å²) < 4.78 is 28.7. The van der Waals surface area contributed by atoms with Gasteiger partial charge < -0.3 is 29.3 Å². The molecule has 6 rings (SSSR count). The number of aromatic nitrogens is 3. The molecule has 1 aromatic carbocycles. The highest BCUT2D eigenvalue weighted by atomic mass is 35.5. The molecule has 11 nitrogen and oxygen atoms in total. The largest absolute Gasteiger partial charge is 0.507 e. The van der Waals surface area contributed by atoms with Crippen LogP contribution in [0.1, 0.15) is 55.4 Å². The van der Waals surface area contributed by atoms with Crippen molar-refractivity contribution in [2.24, 2.45) is 7.05 Å². The molecule has 0 spiro atoms. The molecule has 5 heterocycles. The number of phenols is 1. The molecule has 1 fully saturated rings. The minimum atomic E-state index is -0.722. The number of fused-ring (bicyclic) bond motifs is 3. The van der Waals surface area contributed by atoms with Gasteiger partial charge in [-0.2, -0.15) is 5.10 Å². The maximum Gasteiger partial charge on any atom is 0.410 e. The lowest BCUT2D eigenvalue weighted by Gasteiger charge is -2.40. The van der Waals surface area contributed by atoms with Crippen LogP contribution in [0.25, 0.3) is 11.3 Å². The molecule has 3 aliphatic heterocycles. The summed E-state index contributed by atoms with van der Waals surface area (Å²) in [6.45, 7) is 8.47. The monoisotopic (exact) mass is 598 g/mol. The number of ether oxygens (including phenoxy) is 2.